The number of quaternary nitrogens is 1. The molecule has 0 aromatic rings. The highest BCUT2D eigenvalue weighted by atomic mass is 16.6. The van der Waals surface area contributed by atoms with Crippen molar-refractivity contribution in [3.8, 4) is 0 Å². The number of ether oxygens (including phenoxy) is 1. The standard InChI is InChI=1S/C32H53NO4/c1-21(2)9-8-10-22(3)26-13-14-27-25-12-11-23-19-24(37-30(36)33(6,7)20-29(34)35)15-17-31(23,4)28(25)16-18-32(26,27)5/h11,21-22,24-28H,8-10,12-20H2,1-7H3/p+1/t22-,24?,25?,26-,27?,28?,31+,32-/m1/s1. The van der Waals surface area contributed by atoms with Gasteiger partial charge in [-0.2, -0.15) is 4.79 Å². The number of likely N-dealkylation sites (N-methyl/N-ethyl adjacent to an activating group) is 1. The summed E-state index contributed by atoms with van der Waals surface area (Å²) in [5.74, 6) is 3.94. The largest absolute Gasteiger partial charge is 0.516 e. The average Bonchev–Trinajstić information content (AvgIpc) is 3.15. The predicted molar refractivity (Wildman–Crippen MR) is 148 cm³/mol. The second kappa shape index (κ2) is 10.7. The van der Waals surface area contributed by atoms with Gasteiger partial charge in [0.1, 0.15) is 6.10 Å². The molecule has 0 bridgehead atoms. The molecule has 3 saturated carbocycles. The molecule has 37 heavy (non-hydrogen) atoms. The molecule has 4 unspecified atom stereocenters. The highest BCUT2D eigenvalue weighted by Gasteiger charge is 2.59. The number of nitrogens with zero attached hydrogens (tertiary/aromatic N) is 1. The molecular formula is C32H54NO4+. The first-order chi connectivity index (χ1) is 17.3. The lowest BCUT2D eigenvalue weighted by molar-refractivity contribution is -0.809. The smallest absolute Gasteiger partial charge is 0.477 e. The van der Waals surface area contributed by atoms with E-state index >= 15 is 0 Å². The molecule has 0 saturated heterocycles. The van der Waals surface area contributed by atoms with Crippen molar-refractivity contribution >= 4 is 12.1 Å². The van der Waals surface area contributed by atoms with Crippen molar-refractivity contribution in [2.24, 2.45) is 46.3 Å². The number of aliphatic carboxylic acids is 1. The highest BCUT2D eigenvalue weighted by Crippen LogP contribution is 2.67. The molecule has 5 heteroatoms. The van der Waals surface area contributed by atoms with Gasteiger partial charge >= 0.3 is 12.1 Å². The van der Waals surface area contributed by atoms with Crippen LogP contribution in [0.1, 0.15) is 105 Å². The maximum atomic E-state index is 12.7. The fourth-order valence-corrected chi connectivity index (χ4v) is 9.44. The van der Waals surface area contributed by atoms with Crippen LogP contribution in [0.3, 0.4) is 0 Å². The molecular weight excluding hydrogens is 462 g/mol. The lowest BCUT2D eigenvalue weighted by Gasteiger charge is -2.58. The first kappa shape index (κ1) is 28.6. The van der Waals surface area contributed by atoms with Crippen LogP contribution in [0.15, 0.2) is 11.6 Å². The maximum absolute atomic E-state index is 12.7. The van der Waals surface area contributed by atoms with Crippen molar-refractivity contribution in [1.82, 2.24) is 0 Å². The number of hydrogen-bond donors (Lipinski definition) is 1. The van der Waals surface area contributed by atoms with E-state index in [2.05, 4.69) is 40.7 Å². The van der Waals surface area contributed by atoms with E-state index in [0.717, 1.165) is 54.8 Å². The van der Waals surface area contributed by atoms with E-state index in [1.54, 1.807) is 14.1 Å². The Hall–Kier alpha value is -1.36. The molecule has 4 aliphatic carbocycles. The van der Waals surface area contributed by atoms with Gasteiger partial charge in [-0.3, -0.25) is 0 Å². The van der Waals surface area contributed by atoms with Gasteiger partial charge in [-0.05, 0) is 91.3 Å². The van der Waals surface area contributed by atoms with Crippen molar-refractivity contribution in [2.75, 3.05) is 20.6 Å². The van der Waals surface area contributed by atoms with Crippen molar-refractivity contribution < 1.29 is 23.9 Å². The third-order valence-electron chi connectivity index (χ3n) is 11.6. The van der Waals surface area contributed by atoms with Crippen LogP contribution in [0.25, 0.3) is 0 Å². The Morgan fingerprint density at radius 3 is 2.46 bits per heavy atom. The van der Waals surface area contributed by atoms with Gasteiger partial charge < -0.3 is 9.84 Å². The number of allylic oxidation sites excluding steroid dienone is 1. The Balaban J connectivity index is 1.42. The van der Waals surface area contributed by atoms with Crippen LogP contribution in [0.2, 0.25) is 0 Å². The van der Waals surface area contributed by atoms with Crippen molar-refractivity contribution in [1.29, 1.82) is 0 Å². The minimum atomic E-state index is -0.984. The van der Waals surface area contributed by atoms with Crippen LogP contribution in [-0.2, 0) is 9.53 Å². The zero-order valence-corrected chi connectivity index (χ0v) is 24.7. The van der Waals surface area contributed by atoms with Gasteiger partial charge in [-0.25, -0.2) is 9.28 Å². The fraction of sp³-hybridized carbons (Fsp3) is 0.875. The quantitative estimate of drug-likeness (QED) is 0.265. The molecule has 4 aliphatic rings. The van der Waals surface area contributed by atoms with Gasteiger partial charge in [0.2, 0.25) is 0 Å². The van der Waals surface area contributed by atoms with Gasteiger partial charge in [0.25, 0.3) is 0 Å². The summed E-state index contributed by atoms with van der Waals surface area (Å²) in [6, 6.07) is 0. The minimum Gasteiger partial charge on any atom is -0.477 e. The molecule has 0 aliphatic heterocycles. The number of carboxylic acid groups (broad SMARTS) is 1. The van der Waals surface area contributed by atoms with Crippen molar-refractivity contribution in [3.05, 3.63) is 11.6 Å². The van der Waals surface area contributed by atoms with Crippen LogP contribution >= 0.6 is 0 Å². The molecule has 8 atom stereocenters. The zero-order valence-electron chi connectivity index (χ0n) is 24.7. The summed E-state index contributed by atoms with van der Waals surface area (Å²) in [6.45, 7) is 12.1. The SMILES string of the molecule is CC(C)CCC[C@@H](C)[C@H]1CCC2C3CC=C4CC(OC(=O)[N+](C)(C)CC(=O)O)CC[C@]4(C)C3CC[C@@]21C. The molecule has 0 aromatic carbocycles. The third-order valence-corrected chi connectivity index (χ3v) is 11.6. The van der Waals surface area contributed by atoms with Gasteiger partial charge in [-0.15, -0.1) is 0 Å². The summed E-state index contributed by atoms with van der Waals surface area (Å²) in [4.78, 5) is 23.9. The number of rotatable bonds is 8. The lowest BCUT2D eigenvalue weighted by Crippen LogP contribution is -2.52. The van der Waals surface area contributed by atoms with Crippen LogP contribution in [0, 0.1) is 46.3 Å². The van der Waals surface area contributed by atoms with E-state index in [-0.39, 0.29) is 22.5 Å². The highest BCUT2D eigenvalue weighted by molar-refractivity contribution is 5.71. The monoisotopic (exact) mass is 516 g/mol. The Morgan fingerprint density at radius 1 is 1.05 bits per heavy atom. The van der Waals surface area contributed by atoms with Crippen molar-refractivity contribution in [2.45, 2.75) is 111 Å². The molecule has 0 radical (unpaired) electrons. The summed E-state index contributed by atoms with van der Waals surface area (Å²) in [5.41, 5.74) is 2.22. The molecule has 3 fully saturated rings. The van der Waals surface area contributed by atoms with E-state index in [0.29, 0.717) is 5.41 Å². The van der Waals surface area contributed by atoms with E-state index in [1.165, 1.54) is 56.9 Å². The minimum absolute atomic E-state index is 0.133. The van der Waals surface area contributed by atoms with Gasteiger partial charge in [0.15, 0.2) is 6.54 Å². The Labute approximate surface area is 226 Å². The lowest BCUT2D eigenvalue weighted by atomic mass is 9.47. The molecule has 0 spiro atoms. The first-order valence-corrected chi connectivity index (χ1v) is 15.2. The maximum Gasteiger partial charge on any atom is 0.516 e. The number of carboxylic acids is 1. The number of fused-ring (bicyclic) bond motifs is 5. The van der Waals surface area contributed by atoms with Gasteiger partial charge in [0.05, 0.1) is 14.1 Å². The summed E-state index contributed by atoms with van der Waals surface area (Å²) in [6.07, 6.45) is 15.6. The van der Waals surface area contributed by atoms with E-state index in [4.69, 9.17) is 9.84 Å². The Kier molecular flexibility index (Phi) is 8.25. The molecule has 0 heterocycles. The topological polar surface area (TPSA) is 63.6 Å². The van der Waals surface area contributed by atoms with Crippen LogP contribution < -0.4 is 0 Å². The van der Waals surface area contributed by atoms with Crippen LogP contribution in [0.4, 0.5) is 4.79 Å². The summed E-state index contributed by atoms with van der Waals surface area (Å²) < 4.78 is 5.62. The van der Waals surface area contributed by atoms with E-state index in [1.807, 2.05) is 0 Å². The third kappa shape index (κ3) is 5.54. The number of amides is 1. The van der Waals surface area contributed by atoms with E-state index < -0.39 is 12.1 Å². The second-order valence-corrected chi connectivity index (χ2v) is 14.8. The Morgan fingerprint density at radius 2 is 1.78 bits per heavy atom. The summed E-state index contributed by atoms with van der Waals surface area (Å²) in [7, 11) is 3.24. The van der Waals surface area contributed by atoms with Crippen LogP contribution in [0.5, 0.6) is 0 Å². The summed E-state index contributed by atoms with van der Waals surface area (Å²) >= 11 is 0. The van der Waals surface area contributed by atoms with Crippen molar-refractivity contribution in [3.63, 3.8) is 0 Å². The Bertz CT molecular complexity index is 893. The van der Waals surface area contributed by atoms with Gasteiger partial charge in [-0.1, -0.05) is 65.5 Å². The number of carbonyl (C=O) groups is 2. The molecule has 1 amide bonds. The first-order valence-electron chi connectivity index (χ1n) is 15.2. The number of hydrogen-bond acceptors (Lipinski definition) is 3. The average molecular weight is 517 g/mol. The molecule has 4 rings (SSSR count). The molecule has 1 N–H and O–H groups in total. The second-order valence-electron chi connectivity index (χ2n) is 14.8. The molecule has 5 nitrogen and oxygen atoms in total. The molecule has 0 aromatic heterocycles. The predicted octanol–water partition coefficient (Wildman–Crippen LogP) is 7.69. The van der Waals surface area contributed by atoms with Crippen LogP contribution in [-0.4, -0.2) is 48.4 Å². The number of carbonyl (C=O) groups excluding carboxylic acids is 1. The van der Waals surface area contributed by atoms with Gasteiger partial charge in [0, 0.05) is 6.42 Å². The zero-order chi connectivity index (χ0) is 27.2. The molecule has 210 valence electrons. The fourth-order valence-electron chi connectivity index (χ4n) is 9.44. The normalized spacial score (nSPS) is 38.3. The summed E-state index contributed by atoms with van der Waals surface area (Å²) in [5, 5.41) is 9.16. The van der Waals surface area contributed by atoms with E-state index in [9.17, 15) is 9.59 Å².